The number of amides is 1. The molecule has 1 aliphatic heterocycles. The van der Waals surface area contributed by atoms with Gasteiger partial charge >= 0.3 is 0 Å². The van der Waals surface area contributed by atoms with Crippen LogP contribution < -0.4 is 14.9 Å². The van der Waals surface area contributed by atoms with Crippen molar-refractivity contribution in [3.05, 3.63) is 77.1 Å². The molecule has 2 aromatic carbocycles. The summed E-state index contributed by atoms with van der Waals surface area (Å²) in [7, 11) is 0. The Kier molecular flexibility index (Phi) is 5.08. The molecule has 1 amide bonds. The van der Waals surface area contributed by atoms with E-state index in [1.807, 2.05) is 43.3 Å². The van der Waals surface area contributed by atoms with Crippen LogP contribution in [0.5, 0.6) is 11.5 Å². The van der Waals surface area contributed by atoms with E-state index in [1.54, 1.807) is 12.3 Å². The quantitative estimate of drug-likeness (QED) is 0.547. The summed E-state index contributed by atoms with van der Waals surface area (Å²) < 4.78 is 13.5. The van der Waals surface area contributed by atoms with E-state index >= 15 is 0 Å². The number of hydrogen-bond donors (Lipinski definition) is 1. The molecule has 1 N–H and O–H groups in total. The number of nitrogens with zero attached hydrogens (tertiary/aromatic N) is 2. The van der Waals surface area contributed by atoms with Crippen LogP contribution in [0, 0.1) is 20.8 Å². The van der Waals surface area contributed by atoms with Crippen molar-refractivity contribution in [2.45, 2.75) is 26.9 Å². The van der Waals surface area contributed by atoms with E-state index in [2.05, 4.69) is 41.1 Å². The number of benzene rings is 2. The Bertz CT molecular complexity index is 1080. The molecule has 0 spiro atoms. The van der Waals surface area contributed by atoms with Crippen LogP contribution >= 0.6 is 0 Å². The van der Waals surface area contributed by atoms with Gasteiger partial charge in [0.25, 0.3) is 5.91 Å². The molecule has 6 heteroatoms. The van der Waals surface area contributed by atoms with E-state index in [9.17, 15) is 4.79 Å². The van der Waals surface area contributed by atoms with Gasteiger partial charge in [-0.2, -0.15) is 5.10 Å². The van der Waals surface area contributed by atoms with Gasteiger partial charge in [-0.15, -0.1) is 0 Å². The molecule has 2 heterocycles. The maximum absolute atomic E-state index is 12.4. The molecule has 0 saturated carbocycles. The second kappa shape index (κ2) is 7.83. The maximum Gasteiger partial charge on any atom is 0.284 e. The van der Waals surface area contributed by atoms with Crippen molar-refractivity contribution >= 4 is 12.1 Å². The summed E-state index contributed by atoms with van der Waals surface area (Å²) in [5.74, 6) is 0.858. The van der Waals surface area contributed by atoms with Gasteiger partial charge < -0.3 is 14.0 Å². The van der Waals surface area contributed by atoms with Gasteiger partial charge in [0.1, 0.15) is 6.61 Å². The summed E-state index contributed by atoms with van der Waals surface area (Å²) in [6, 6.07) is 17.6. The first-order valence-corrected chi connectivity index (χ1v) is 9.51. The van der Waals surface area contributed by atoms with E-state index in [-0.39, 0.29) is 12.5 Å². The van der Waals surface area contributed by atoms with Crippen molar-refractivity contribution in [2.24, 2.45) is 5.10 Å². The highest BCUT2D eigenvalue weighted by Crippen LogP contribution is 2.30. The summed E-state index contributed by atoms with van der Waals surface area (Å²) >= 11 is 0. The van der Waals surface area contributed by atoms with E-state index in [4.69, 9.17) is 9.47 Å². The number of fused-ring (bicyclic) bond motifs is 1. The van der Waals surface area contributed by atoms with E-state index in [0.717, 1.165) is 22.6 Å². The topological polar surface area (TPSA) is 64.9 Å². The van der Waals surface area contributed by atoms with Gasteiger partial charge in [-0.3, -0.25) is 4.79 Å². The van der Waals surface area contributed by atoms with Crippen LogP contribution in [-0.2, 0) is 4.79 Å². The minimum atomic E-state index is -0.735. The van der Waals surface area contributed by atoms with Crippen LogP contribution in [0.4, 0.5) is 0 Å². The van der Waals surface area contributed by atoms with Gasteiger partial charge in [0.15, 0.2) is 11.5 Å². The van der Waals surface area contributed by atoms with Crippen LogP contribution in [0.25, 0.3) is 5.69 Å². The van der Waals surface area contributed by atoms with Crippen molar-refractivity contribution in [2.75, 3.05) is 6.61 Å². The molecule has 0 saturated heterocycles. The predicted molar refractivity (Wildman–Crippen MR) is 112 cm³/mol. The second-order valence-corrected chi connectivity index (χ2v) is 7.05. The molecule has 0 radical (unpaired) electrons. The van der Waals surface area contributed by atoms with Gasteiger partial charge in [0, 0.05) is 22.6 Å². The number of aryl methyl sites for hydroxylation is 2. The number of para-hydroxylation sites is 3. The lowest BCUT2D eigenvalue weighted by Gasteiger charge is -2.24. The molecule has 1 aliphatic rings. The minimum absolute atomic E-state index is 0.153. The third kappa shape index (κ3) is 3.74. The molecule has 1 atom stereocenters. The summed E-state index contributed by atoms with van der Waals surface area (Å²) in [6.45, 7) is 6.34. The average molecular weight is 389 g/mol. The van der Waals surface area contributed by atoms with Crippen LogP contribution in [0.15, 0.2) is 59.7 Å². The van der Waals surface area contributed by atoms with Crippen molar-refractivity contribution in [1.29, 1.82) is 0 Å². The van der Waals surface area contributed by atoms with Crippen molar-refractivity contribution in [3.63, 3.8) is 0 Å². The summed E-state index contributed by atoms with van der Waals surface area (Å²) in [5, 5.41) is 4.13. The van der Waals surface area contributed by atoms with Gasteiger partial charge in [0.2, 0.25) is 6.10 Å². The molecule has 6 nitrogen and oxygen atoms in total. The molecule has 29 heavy (non-hydrogen) atoms. The van der Waals surface area contributed by atoms with E-state index in [1.165, 1.54) is 5.56 Å². The highest BCUT2D eigenvalue weighted by Gasteiger charge is 2.27. The molecule has 1 unspecified atom stereocenters. The van der Waals surface area contributed by atoms with Gasteiger partial charge in [-0.05, 0) is 50.6 Å². The molecule has 4 rings (SSSR count). The minimum Gasteiger partial charge on any atom is -0.485 e. The lowest BCUT2D eigenvalue weighted by molar-refractivity contribution is -0.130. The second-order valence-electron chi connectivity index (χ2n) is 7.05. The Balaban J connectivity index is 1.46. The zero-order valence-electron chi connectivity index (χ0n) is 16.7. The van der Waals surface area contributed by atoms with E-state index in [0.29, 0.717) is 11.5 Å². The van der Waals surface area contributed by atoms with Crippen molar-refractivity contribution in [3.8, 4) is 17.2 Å². The van der Waals surface area contributed by atoms with Gasteiger partial charge in [-0.1, -0.05) is 30.3 Å². The Morgan fingerprint density at radius 2 is 1.83 bits per heavy atom. The summed E-state index contributed by atoms with van der Waals surface area (Å²) in [6.07, 6.45) is 0.925. The predicted octanol–water partition coefficient (Wildman–Crippen LogP) is 3.69. The molecule has 3 aromatic rings. The SMILES string of the molecule is Cc1ccccc1-n1c(C)cc(/C=N/NC(=O)C2COc3ccccc3O2)c1C. The zero-order chi connectivity index (χ0) is 20.4. The molecule has 148 valence electrons. The van der Waals surface area contributed by atoms with Crippen LogP contribution in [-0.4, -0.2) is 29.4 Å². The number of carbonyl (C=O) groups is 1. The third-order valence-electron chi connectivity index (χ3n) is 5.01. The largest absolute Gasteiger partial charge is 0.485 e. The fraction of sp³-hybridized carbons (Fsp3) is 0.217. The lowest BCUT2D eigenvalue weighted by atomic mass is 10.2. The smallest absolute Gasteiger partial charge is 0.284 e. The molecular weight excluding hydrogens is 366 g/mol. The highest BCUT2D eigenvalue weighted by molar-refractivity contribution is 5.86. The number of hydrogen-bond acceptors (Lipinski definition) is 4. The lowest BCUT2D eigenvalue weighted by Crippen LogP contribution is -2.42. The van der Waals surface area contributed by atoms with Crippen LogP contribution in [0.2, 0.25) is 0 Å². The first-order chi connectivity index (χ1) is 14.0. The Labute approximate surface area is 169 Å². The Hall–Kier alpha value is -3.54. The van der Waals surface area contributed by atoms with Crippen molar-refractivity contribution < 1.29 is 14.3 Å². The zero-order valence-corrected chi connectivity index (χ0v) is 16.7. The number of aromatic nitrogens is 1. The first kappa shape index (κ1) is 18.8. The van der Waals surface area contributed by atoms with Gasteiger partial charge in [-0.25, -0.2) is 5.43 Å². The Morgan fingerprint density at radius 3 is 2.62 bits per heavy atom. The molecule has 1 aromatic heterocycles. The third-order valence-corrected chi connectivity index (χ3v) is 5.01. The fourth-order valence-corrected chi connectivity index (χ4v) is 3.49. The normalized spacial score (nSPS) is 15.5. The number of nitrogens with one attached hydrogen (secondary N) is 1. The number of hydrazone groups is 1. The average Bonchev–Trinajstić information content (AvgIpc) is 3.01. The van der Waals surface area contributed by atoms with Crippen molar-refractivity contribution in [1.82, 2.24) is 9.99 Å². The molecule has 0 fully saturated rings. The highest BCUT2D eigenvalue weighted by atomic mass is 16.6. The molecular formula is C23H23N3O3. The number of rotatable bonds is 4. The Morgan fingerprint density at radius 1 is 1.10 bits per heavy atom. The summed E-state index contributed by atoms with van der Waals surface area (Å²) in [4.78, 5) is 12.4. The van der Waals surface area contributed by atoms with Crippen LogP contribution in [0.1, 0.15) is 22.5 Å². The molecule has 0 bridgehead atoms. The van der Waals surface area contributed by atoms with Gasteiger partial charge in [0.05, 0.1) is 6.21 Å². The fourth-order valence-electron chi connectivity index (χ4n) is 3.49. The summed E-state index contributed by atoms with van der Waals surface area (Å²) in [5.41, 5.74) is 7.99. The maximum atomic E-state index is 12.4. The monoisotopic (exact) mass is 389 g/mol. The number of carbonyl (C=O) groups excluding carboxylic acids is 1. The van der Waals surface area contributed by atoms with Crippen LogP contribution in [0.3, 0.4) is 0 Å². The first-order valence-electron chi connectivity index (χ1n) is 9.51. The standard InChI is InChI=1S/C23H23N3O3/c1-15-8-4-5-9-19(15)26-16(2)12-18(17(26)3)13-24-25-23(27)22-14-28-20-10-6-7-11-21(20)29-22/h4-13,22H,14H2,1-3H3,(H,25,27)/b24-13+. The number of ether oxygens (including phenoxy) is 2. The van der Waals surface area contributed by atoms with E-state index < -0.39 is 6.10 Å². The molecule has 0 aliphatic carbocycles.